The highest BCUT2D eigenvalue weighted by Gasteiger charge is 2.14. The van der Waals surface area contributed by atoms with Crippen molar-refractivity contribution in [2.24, 2.45) is 0 Å². The number of amides is 2. The maximum Gasteiger partial charge on any atom is 0.315 e. The molecule has 0 saturated carbocycles. The van der Waals surface area contributed by atoms with E-state index in [9.17, 15) is 9.18 Å². The average molecular weight is 316 g/mol. The molecular weight excluding hydrogens is 295 g/mol. The average Bonchev–Trinajstić information content (AvgIpc) is 2.58. The Labute approximate surface area is 135 Å². The fourth-order valence-corrected chi connectivity index (χ4v) is 2.33. The standard InChI is InChI=1S/C18H21FN2O2/c19-16-10-5-4-9-15(16)13-20-18(23)21-17(11-6-12-22)14-7-2-1-3-8-14/h1-5,7-10,17,22H,6,11-13H2,(H2,20,21,23). The molecule has 0 saturated heterocycles. The molecule has 0 aliphatic heterocycles. The predicted octanol–water partition coefficient (Wildman–Crippen LogP) is 3.14. The van der Waals surface area contributed by atoms with Crippen LogP contribution in [0.15, 0.2) is 54.6 Å². The molecule has 2 aromatic carbocycles. The number of benzene rings is 2. The number of urea groups is 1. The van der Waals surface area contributed by atoms with E-state index < -0.39 is 0 Å². The lowest BCUT2D eigenvalue weighted by molar-refractivity contribution is 0.232. The van der Waals surface area contributed by atoms with Crippen molar-refractivity contribution in [1.82, 2.24) is 10.6 Å². The number of halogens is 1. The third kappa shape index (κ3) is 5.38. The summed E-state index contributed by atoms with van der Waals surface area (Å²) in [6.07, 6.45) is 1.22. The van der Waals surface area contributed by atoms with Crippen molar-refractivity contribution in [2.75, 3.05) is 6.61 Å². The number of nitrogens with one attached hydrogen (secondary N) is 2. The normalized spacial score (nSPS) is 11.7. The van der Waals surface area contributed by atoms with Gasteiger partial charge in [-0.05, 0) is 24.5 Å². The van der Waals surface area contributed by atoms with Crippen molar-refractivity contribution in [3.63, 3.8) is 0 Å². The lowest BCUT2D eigenvalue weighted by atomic mass is 10.0. The molecule has 0 fully saturated rings. The Morgan fingerprint density at radius 3 is 2.48 bits per heavy atom. The molecule has 2 amide bonds. The molecule has 0 spiro atoms. The van der Waals surface area contributed by atoms with Gasteiger partial charge < -0.3 is 15.7 Å². The van der Waals surface area contributed by atoms with Crippen molar-refractivity contribution in [1.29, 1.82) is 0 Å². The van der Waals surface area contributed by atoms with Gasteiger partial charge in [-0.1, -0.05) is 48.5 Å². The van der Waals surface area contributed by atoms with E-state index in [-0.39, 0.29) is 31.0 Å². The van der Waals surface area contributed by atoms with Gasteiger partial charge >= 0.3 is 6.03 Å². The van der Waals surface area contributed by atoms with E-state index in [4.69, 9.17) is 5.11 Å². The number of carbonyl (C=O) groups is 1. The van der Waals surface area contributed by atoms with Gasteiger partial charge in [0.15, 0.2) is 0 Å². The van der Waals surface area contributed by atoms with E-state index in [0.29, 0.717) is 18.4 Å². The minimum atomic E-state index is -0.361. The molecule has 122 valence electrons. The Hall–Kier alpha value is -2.40. The topological polar surface area (TPSA) is 61.4 Å². The number of carbonyl (C=O) groups excluding carboxylic acids is 1. The smallest absolute Gasteiger partial charge is 0.315 e. The van der Waals surface area contributed by atoms with Crippen LogP contribution in [0.25, 0.3) is 0 Å². The fourth-order valence-electron chi connectivity index (χ4n) is 2.33. The first kappa shape index (κ1) is 17.0. The fraction of sp³-hybridized carbons (Fsp3) is 0.278. The van der Waals surface area contributed by atoms with Crippen LogP contribution in [0, 0.1) is 5.82 Å². The summed E-state index contributed by atoms with van der Waals surface area (Å²) >= 11 is 0. The first-order valence-electron chi connectivity index (χ1n) is 7.64. The van der Waals surface area contributed by atoms with Crippen LogP contribution in [-0.4, -0.2) is 17.7 Å². The number of aliphatic hydroxyl groups excluding tert-OH is 1. The Bertz CT molecular complexity index is 619. The van der Waals surface area contributed by atoms with E-state index >= 15 is 0 Å². The summed E-state index contributed by atoms with van der Waals surface area (Å²) in [5.74, 6) is -0.340. The van der Waals surface area contributed by atoms with Gasteiger partial charge in [0, 0.05) is 18.7 Å². The predicted molar refractivity (Wildman–Crippen MR) is 87.3 cm³/mol. The van der Waals surface area contributed by atoms with Crippen molar-refractivity contribution in [3.8, 4) is 0 Å². The monoisotopic (exact) mass is 316 g/mol. The molecule has 0 bridgehead atoms. The van der Waals surface area contributed by atoms with Crippen LogP contribution in [0.5, 0.6) is 0 Å². The highest BCUT2D eigenvalue weighted by atomic mass is 19.1. The van der Waals surface area contributed by atoms with Crippen molar-refractivity contribution in [2.45, 2.75) is 25.4 Å². The molecule has 5 heteroatoms. The highest BCUT2D eigenvalue weighted by molar-refractivity contribution is 5.74. The third-order valence-electron chi connectivity index (χ3n) is 3.56. The SMILES string of the molecule is O=C(NCc1ccccc1F)NC(CCCO)c1ccccc1. The van der Waals surface area contributed by atoms with E-state index in [2.05, 4.69) is 10.6 Å². The van der Waals surface area contributed by atoms with Gasteiger partial charge in [-0.15, -0.1) is 0 Å². The molecule has 0 aromatic heterocycles. The zero-order valence-corrected chi connectivity index (χ0v) is 12.8. The summed E-state index contributed by atoms with van der Waals surface area (Å²) < 4.78 is 13.5. The Kier molecular flexibility index (Phi) is 6.56. The van der Waals surface area contributed by atoms with Gasteiger partial charge in [-0.25, -0.2) is 9.18 Å². The van der Waals surface area contributed by atoms with Crippen LogP contribution in [-0.2, 0) is 6.54 Å². The molecule has 0 heterocycles. The molecular formula is C18H21FN2O2. The number of hydrogen-bond acceptors (Lipinski definition) is 2. The van der Waals surface area contributed by atoms with Crippen molar-refractivity contribution >= 4 is 6.03 Å². The Balaban J connectivity index is 1.93. The first-order chi connectivity index (χ1) is 11.2. The Morgan fingerprint density at radius 1 is 1.09 bits per heavy atom. The van der Waals surface area contributed by atoms with Crippen LogP contribution in [0.1, 0.15) is 30.0 Å². The summed E-state index contributed by atoms with van der Waals surface area (Å²) in [6, 6.07) is 15.4. The number of hydrogen-bond donors (Lipinski definition) is 3. The lowest BCUT2D eigenvalue weighted by Crippen LogP contribution is -2.37. The molecule has 0 aliphatic carbocycles. The Morgan fingerprint density at radius 2 is 1.78 bits per heavy atom. The number of rotatable bonds is 7. The largest absolute Gasteiger partial charge is 0.396 e. The van der Waals surface area contributed by atoms with Crippen LogP contribution in [0.4, 0.5) is 9.18 Å². The zero-order valence-electron chi connectivity index (χ0n) is 12.8. The maximum atomic E-state index is 13.5. The second-order valence-corrected chi connectivity index (χ2v) is 5.25. The van der Waals surface area contributed by atoms with Gasteiger partial charge in [-0.2, -0.15) is 0 Å². The molecule has 2 rings (SSSR count). The molecule has 0 aliphatic rings. The summed E-state index contributed by atoms with van der Waals surface area (Å²) in [5.41, 5.74) is 1.41. The maximum absolute atomic E-state index is 13.5. The minimum absolute atomic E-state index is 0.0713. The molecule has 4 nitrogen and oxygen atoms in total. The van der Waals surface area contributed by atoms with E-state index in [1.54, 1.807) is 18.2 Å². The number of aliphatic hydroxyl groups is 1. The van der Waals surface area contributed by atoms with Gasteiger partial charge in [0.2, 0.25) is 0 Å². The summed E-state index contributed by atoms with van der Waals surface area (Å²) in [7, 11) is 0. The van der Waals surface area contributed by atoms with E-state index in [0.717, 1.165) is 5.56 Å². The lowest BCUT2D eigenvalue weighted by Gasteiger charge is -2.19. The van der Waals surface area contributed by atoms with E-state index in [1.807, 2.05) is 30.3 Å². The second-order valence-electron chi connectivity index (χ2n) is 5.25. The molecule has 1 atom stereocenters. The molecule has 1 unspecified atom stereocenters. The van der Waals surface area contributed by atoms with Crippen LogP contribution < -0.4 is 10.6 Å². The first-order valence-corrected chi connectivity index (χ1v) is 7.64. The van der Waals surface area contributed by atoms with Crippen molar-refractivity contribution in [3.05, 3.63) is 71.5 Å². The minimum Gasteiger partial charge on any atom is -0.396 e. The van der Waals surface area contributed by atoms with Crippen LogP contribution in [0.3, 0.4) is 0 Å². The van der Waals surface area contributed by atoms with Crippen LogP contribution >= 0.6 is 0 Å². The summed E-state index contributed by atoms with van der Waals surface area (Å²) in [5, 5.41) is 14.5. The molecule has 3 N–H and O–H groups in total. The van der Waals surface area contributed by atoms with Gasteiger partial charge in [0.1, 0.15) is 5.82 Å². The molecule has 2 aromatic rings. The summed E-state index contributed by atoms with van der Waals surface area (Å²) in [6.45, 7) is 0.196. The van der Waals surface area contributed by atoms with Crippen LogP contribution in [0.2, 0.25) is 0 Å². The van der Waals surface area contributed by atoms with Gasteiger partial charge in [0.05, 0.1) is 6.04 Å². The summed E-state index contributed by atoms with van der Waals surface area (Å²) in [4.78, 5) is 12.1. The highest BCUT2D eigenvalue weighted by Crippen LogP contribution is 2.18. The second kappa shape index (κ2) is 8.90. The van der Waals surface area contributed by atoms with E-state index in [1.165, 1.54) is 6.07 Å². The quantitative estimate of drug-likeness (QED) is 0.735. The van der Waals surface area contributed by atoms with Gasteiger partial charge in [-0.3, -0.25) is 0 Å². The van der Waals surface area contributed by atoms with Crippen molar-refractivity contribution < 1.29 is 14.3 Å². The van der Waals surface area contributed by atoms with Gasteiger partial charge in [0.25, 0.3) is 0 Å². The molecule has 23 heavy (non-hydrogen) atoms. The zero-order chi connectivity index (χ0) is 16.5. The third-order valence-corrected chi connectivity index (χ3v) is 3.56. The molecule has 0 radical (unpaired) electrons.